The summed E-state index contributed by atoms with van der Waals surface area (Å²) in [5, 5.41) is 20.6. The van der Waals surface area contributed by atoms with Crippen molar-refractivity contribution in [3.63, 3.8) is 0 Å². The molecular formula is C24H28N2O5. The van der Waals surface area contributed by atoms with Crippen LogP contribution in [0.5, 0.6) is 17.2 Å². The van der Waals surface area contributed by atoms with Gasteiger partial charge in [0, 0.05) is 31.4 Å². The van der Waals surface area contributed by atoms with Gasteiger partial charge in [0.1, 0.15) is 0 Å². The zero-order chi connectivity index (χ0) is 22.0. The number of nitrogens with zero attached hydrogens (tertiary/aromatic N) is 2. The maximum Gasteiger partial charge on any atom is 0.235 e. The molecule has 2 aromatic carbocycles. The average Bonchev–Trinajstić information content (AvgIpc) is 2.80. The highest BCUT2D eigenvalue weighted by atomic mass is 16.5. The first-order valence-corrected chi connectivity index (χ1v) is 10.6. The first kappa shape index (κ1) is 21.1. The summed E-state index contributed by atoms with van der Waals surface area (Å²) in [5.74, 6) is -0.499. The standard InChI is InChI=1S/C24H28N2O5/c1-25(14-15-26-12-4-3-5-13-26)17-8-6-16(7-9-17)22-21(29)20(28)18-10-11-19(27)24(30-2)23(18)31-22/h6-11,27,29H,3-5,12-15H2,1-2H3. The minimum atomic E-state index is -0.572. The number of methoxy groups -OCH3 is 1. The highest BCUT2D eigenvalue weighted by Crippen LogP contribution is 2.38. The van der Waals surface area contributed by atoms with Crippen LogP contribution in [-0.2, 0) is 0 Å². The molecule has 164 valence electrons. The monoisotopic (exact) mass is 424 g/mol. The predicted molar refractivity (Wildman–Crippen MR) is 121 cm³/mol. The van der Waals surface area contributed by atoms with E-state index in [-0.39, 0.29) is 28.2 Å². The summed E-state index contributed by atoms with van der Waals surface area (Å²) < 4.78 is 11.0. The van der Waals surface area contributed by atoms with Crippen molar-refractivity contribution < 1.29 is 19.4 Å². The van der Waals surface area contributed by atoms with Crippen LogP contribution in [0, 0.1) is 0 Å². The number of benzene rings is 2. The van der Waals surface area contributed by atoms with Gasteiger partial charge < -0.3 is 29.2 Å². The molecule has 0 atom stereocenters. The third-order valence-electron chi connectivity index (χ3n) is 5.94. The lowest BCUT2D eigenvalue weighted by Crippen LogP contribution is -2.36. The normalized spacial score (nSPS) is 14.6. The molecule has 31 heavy (non-hydrogen) atoms. The fraction of sp³-hybridized carbons (Fsp3) is 0.375. The number of phenols is 1. The highest BCUT2D eigenvalue weighted by Gasteiger charge is 2.20. The third kappa shape index (κ3) is 4.18. The minimum Gasteiger partial charge on any atom is -0.504 e. The molecule has 2 heterocycles. The smallest absolute Gasteiger partial charge is 0.235 e. The first-order valence-electron chi connectivity index (χ1n) is 10.6. The lowest BCUT2D eigenvalue weighted by Gasteiger charge is -2.29. The van der Waals surface area contributed by atoms with Crippen molar-refractivity contribution in [1.29, 1.82) is 0 Å². The van der Waals surface area contributed by atoms with Gasteiger partial charge in [0.25, 0.3) is 0 Å². The van der Waals surface area contributed by atoms with Crippen molar-refractivity contribution in [2.45, 2.75) is 19.3 Å². The van der Waals surface area contributed by atoms with Crippen LogP contribution in [0.2, 0.25) is 0 Å². The summed E-state index contributed by atoms with van der Waals surface area (Å²) in [6, 6.07) is 10.2. The van der Waals surface area contributed by atoms with E-state index in [1.807, 2.05) is 24.3 Å². The predicted octanol–water partition coefficient (Wildman–Crippen LogP) is 3.80. The summed E-state index contributed by atoms with van der Waals surface area (Å²) in [6.07, 6.45) is 3.89. The molecule has 4 rings (SSSR count). The summed E-state index contributed by atoms with van der Waals surface area (Å²) in [6.45, 7) is 4.30. The van der Waals surface area contributed by atoms with Crippen molar-refractivity contribution in [3.8, 4) is 28.6 Å². The molecule has 2 N–H and O–H groups in total. The quantitative estimate of drug-likeness (QED) is 0.622. The molecule has 0 amide bonds. The van der Waals surface area contributed by atoms with Gasteiger partial charge in [-0.2, -0.15) is 0 Å². The van der Waals surface area contributed by atoms with E-state index in [0.717, 1.165) is 18.8 Å². The number of phenolic OH excluding ortho intramolecular Hbond substituents is 1. The number of hydrogen-bond acceptors (Lipinski definition) is 7. The minimum absolute atomic E-state index is 0.0453. The van der Waals surface area contributed by atoms with E-state index in [2.05, 4.69) is 16.8 Å². The van der Waals surface area contributed by atoms with Crippen LogP contribution < -0.4 is 15.1 Å². The van der Waals surface area contributed by atoms with Crippen LogP contribution in [0.15, 0.2) is 45.6 Å². The number of rotatable bonds is 6. The molecule has 3 aromatic rings. The second kappa shape index (κ2) is 8.89. The second-order valence-electron chi connectivity index (χ2n) is 7.97. The lowest BCUT2D eigenvalue weighted by atomic mass is 10.1. The number of ether oxygens (including phenoxy) is 1. The molecule has 0 saturated carbocycles. The summed E-state index contributed by atoms with van der Waals surface area (Å²) in [7, 11) is 3.44. The summed E-state index contributed by atoms with van der Waals surface area (Å²) >= 11 is 0. The molecular weight excluding hydrogens is 396 g/mol. The molecule has 0 radical (unpaired) electrons. The molecule has 1 aromatic heterocycles. The zero-order valence-corrected chi connectivity index (χ0v) is 17.9. The molecule has 1 fully saturated rings. The van der Waals surface area contributed by atoms with Crippen molar-refractivity contribution in [2.75, 3.05) is 45.2 Å². The van der Waals surface area contributed by atoms with Gasteiger partial charge in [-0.15, -0.1) is 0 Å². The van der Waals surface area contributed by atoms with Crippen LogP contribution >= 0.6 is 0 Å². The zero-order valence-electron chi connectivity index (χ0n) is 17.9. The number of hydrogen-bond donors (Lipinski definition) is 2. The Labute approximate surface area is 181 Å². The van der Waals surface area contributed by atoms with Gasteiger partial charge in [0.05, 0.1) is 12.5 Å². The summed E-state index contributed by atoms with van der Waals surface area (Å²) in [4.78, 5) is 17.3. The molecule has 1 aliphatic rings. The Morgan fingerprint density at radius 2 is 1.77 bits per heavy atom. The van der Waals surface area contributed by atoms with E-state index in [9.17, 15) is 15.0 Å². The number of fused-ring (bicyclic) bond motifs is 1. The van der Waals surface area contributed by atoms with Crippen molar-refractivity contribution in [3.05, 3.63) is 46.6 Å². The van der Waals surface area contributed by atoms with E-state index in [1.54, 1.807) is 0 Å². The van der Waals surface area contributed by atoms with Crippen LogP contribution in [0.4, 0.5) is 5.69 Å². The van der Waals surface area contributed by atoms with Gasteiger partial charge in [-0.05, 0) is 62.3 Å². The van der Waals surface area contributed by atoms with Gasteiger partial charge in [-0.3, -0.25) is 4.79 Å². The second-order valence-corrected chi connectivity index (χ2v) is 7.97. The van der Waals surface area contributed by atoms with Crippen molar-refractivity contribution >= 4 is 16.7 Å². The lowest BCUT2D eigenvalue weighted by molar-refractivity contribution is 0.234. The third-order valence-corrected chi connectivity index (χ3v) is 5.94. The number of piperidine rings is 1. The fourth-order valence-electron chi connectivity index (χ4n) is 4.08. The van der Waals surface area contributed by atoms with Crippen LogP contribution in [0.1, 0.15) is 19.3 Å². The Hall–Kier alpha value is -3.19. The largest absolute Gasteiger partial charge is 0.504 e. The molecule has 0 aliphatic carbocycles. The SMILES string of the molecule is COc1c(O)ccc2c(=O)c(O)c(-c3ccc(N(C)CCN4CCCCC4)cc3)oc12. The van der Waals surface area contributed by atoms with E-state index in [0.29, 0.717) is 5.56 Å². The van der Waals surface area contributed by atoms with Crippen molar-refractivity contribution in [2.24, 2.45) is 0 Å². The van der Waals surface area contributed by atoms with Crippen LogP contribution in [0.25, 0.3) is 22.3 Å². The first-order chi connectivity index (χ1) is 15.0. The topological polar surface area (TPSA) is 86.4 Å². The Morgan fingerprint density at radius 1 is 1.06 bits per heavy atom. The van der Waals surface area contributed by atoms with Gasteiger partial charge in [0.15, 0.2) is 17.1 Å². The Balaban J connectivity index is 1.59. The van der Waals surface area contributed by atoms with Gasteiger partial charge in [-0.1, -0.05) is 6.42 Å². The maximum atomic E-state index is 12.7. The van der Waals surface area contributed by atoms with Crippen LogP contribution in [0.3, 0.4) is 0 Å². The number of anilines is 1. The van der Waals surface area contributed by atoms with Crippen molar-refractivity contribution in [1.82, 2.24) is 4.90 Å². The Bertz CT molecular complexity index is 1120. The number of likely N-dealkylation sites (tertiary alicyclic amines) is 1. The molecule has 1 saturated heterocycles. The molecule has 0 bridgehead atoms. The van der Waals surface area contributed by atoms with E-state index < -0.39 is 11.2 Å². The molecule has 0 unspecified atom stereocenters. The van der Waals surface area contributed by atoms with Gasteiger partial charge in [0.2, 0.25) is 16.9 Å². The molecule has 0 spiro atoms. The highest BCUT2D eigenvalue weighted by molar-refractivity contribution is 5.88. The molecule has 7 nitrogen and oxygen atoms in total. The van der Waals surface area contributed by atoms with Crippen LogP contribution in [-0.4, -0.2) is 55.4 Å². The summed E-state index contributed by atoms with van der Waals surface area (Å²) in [5.41, 5.74) is 1.13. The average molecular weight is 424 g/mol. The van der Waals surface area contributed by atoms with E-state index in [1.165, 1.54) is 51.6 Å². The van der Waals surface area contributed by atoms with Gasteiger partial charge >= 0.3 is 0 Å². The molecule has 7 heteroatoms. The Morgan fingerprint density at radius 3 is 2.45 bits per heavy atom. The fourth-order valence-corrected chi connectivity index (χ4v) is 4.08. The molecule has 1 aliphatic heterocycles. The number of aromatic hydroxyl groups is 2. The van der Waals surface area contributed by atoms with Gasteiger partial charge in [-0.25, -0.2) is 0 Å². The van der Waals surface area contributed by atoms with E-state index in [4.69, 9.17) is 9.15 Å². The number of likely N-dealkylation sites (N-methyl/N-ethyl adjacent to an activating group) is 1. The Kier molecular flexibility index (Phi) is 6.04. The maximum absolute atomic E-state index is 12.7. The van der Waals surface area contributed by atoms with E-state index >= 15 is 0 Å².